The Morgan fingerprint density at radius 3 is 2.62 bits per heavy atom. The minimum Gasteiger partial charge on any atom is -0.315 e. The highest BCUT2D eigenvalue weighted by molar-refractivity contribution is 4.85. The average molecular weight is 227 g/mol. The monoisotopic (exact) mass is 227 g/mol. The van der Waals surface area contributed by atoms with Gasteiger partial charge in [0.1, 0.15) is 0 Å². The molecule has 0 spiro atoms. The Hall–Kier alpha value is -0.120. The number of hydrogen-bond acceptors (Lipinski definition) is 3. The van der Waals surface area contributed by atoms with Crippen molar-refractivity contribution in [2.75, 3.05) is 33.7 Å². The molecular formula is C13H29N3. The van der Waals surface area contributed by atoms with Gasteiger partial charge in [-0.05, 0) is 47.3 Å². The van der Waals surface area contributed by atoms with Crippen LogP contribution in [0.25, 0.3) is 0 Å². The fourth-order valence-corrected chi connectivity index (χ4v) is 3.01. The van der Waals surface area contributed by atoms with Crippen molar-refractivity contribution in [1.82, 2.24) is 15.1 Å². The van der Waals surface area contributed by atoms with Gasteiger partial charge < -0.3 is 10.2 Å². The molecule has 1 heterocycles. The van der Waals surface area contributed by atoms with E-state index in [1.165, 1.54) is 32.5 Å². The predicted octanol–water partition coefficient (Wildman–Crippen LogP) is 1.40. The van der Waals surface area contributed by atoms with Gasteiger partial charge in [0.25, 0.3) is 0 Å². The first-order chi connectivity index (χ1) is 7.60. The molecule has 0 aromatic carbocycles. The molecule has 1 N–H and O–H groups in total. The summed E-state index contributed by atoms with van der Waals surface area (Å²) in [6, 6.07) is 1.92. The summed E-state index contributed by atoms with van der Waals surface area (Å²) in [5, 5.41) is 3.45. The van der Waals surface area contributed by atoms with E-state index in [9.17, 15) is 0 Å². The van der Waals surface area contributed by atoms with Gasteiger partial charge >= 0.3 is 0 Å². The molecule has 1 saturated heterocycles. The van der Waals surface area contributed by atoms with Crippen molar-refractivity contribution in [1.29, 1.82) is 0 Å². The Balaban J connectivity index is 2.62. The van der Waals surface area contributed by atoms with E-state index in [0.717, 1.165) is 0 Å². The van der Waals surface area contributed by atoms with Crippen molar-refractivity contribution >= 4 is 0 Å². The summed E-state index contributed by atoms with van der Waals surface area (Å²) in [5.41, 5.74) is 0. The first-order valence-corrected chi connectivity index (χ1v) is 6.71. The number of hydrogen-bond donors (Lipinski definition) is 1. The van der Waals surface area contributed by atoms with Gasteiger partial charge in [0.15, 0.2) is 0 Å². The third kappa shape index (κ3) is 3.44. The topological polar surface area (TPSA) is 18.5 Å². The Bertz CT molecular complexity index is 192. The van der Waals surface area contributed by atoms with Crippen LogP contribution in [0.15, 0.2) is 0 Å². The molecule has 0 saturated carbocycles. The SMILES string of the molecule is CCC(NC)C(C)N1CCCN(C)CC1C. The van der Waals surface area contributed by atoms with E-state index in [1.807, 2.05) is 0 Å². The summed E-state index contributed by atoms with van der Waals surface area (Å²) in [6.07, 6.45) is 2.50. The molecule has 0 amide bonds. The van der Waals surface area contributed by atoms with Gasteiger partial charge in [-0.25, -0.2) is 0 Å². The lowest BCUT2D eigenvalue weighted by Crippen LogP contribution is -2.51. The molecule has 1 rings (SSSR count). The molecule has 3 atom stereocenters. The third-order valence-electron chi connectivity index (χ3n) is 4.01. The van der Waals surface area contributed by atoms with Crippen molar-refractivity contribution in [3.8, 4) is 0 Å². The predicted molar refractivity (Wildman–Crippen MR) is 70.9 cm³/mol. The van der Waals surface area contributed by atoms with Gasteiger partial charge in [-0.15, -0.1) is 0 Å². The summed E-state index contributed by atoms with van der Waals surface area (Å²) < 4.78 is 0. The summed E-state index contributed by atoms with van der Waals surface area (Å²) in [4.78, 5) is 5.13. The maximum absolute atomic E-state index is 3.45. The Morgan fingerprint density at radius 2 is 2.06 bits per heavy atom. The van der Waals surface area contributed by atoms with Crippen molar-refractivity contribution in [3.63, 3.8) is 0 Å². The molecule has 3 unspecified atom stereocenters. The number of rotatable bonds is 4. The van der Waals surface area contributed by atoms with Gasteiger partial charge in [0.05, 0.1) is 0 Å². The highest BCUT2D eigenvalue weighted by Crippen LogP contribution is 2.15. The standard InChI is InChI=1S/C13H29N3/c1-6-13(14-4)12(3)16-9-7-8-15(5)10-11(16)2/h11-14H,6-10H2,1-5H3. The molecule has 1 aliphatic heterocycles. The molecule has 3 heteroatoms. The van der Waals surface area contributed by atoms with Crippen LogP contribution in [-0.2, 0) is 0 Å². The summed E-state index contributed by atoms with van der Waals surface area (Å²) in [5.74, 6) is 0. The second-order valence-corrected chi connectivity index (χ2v) is 5.25. The quantitative estimate of drug-likeness (QED) is 0.783. The molecule has 0 aliphatic carbocycles. The van der Waals surface area contributed by atoms with Crippen LogP contribution in [0.3, 0.4) is 0 Å². The summed E-state index contributed by atoms with van der Waals surface area (Å²) >= 11 is 0. The molecule has 96 valence electrons. The van der Waals surface area contributed by atoms with E-state index in [0.29, 0.717) is 18.1 Å². The Morgan fingerprint density at radius 1 is 1.38 bits per heavy atom. The second-order valence-electron chi connectivity index (χ2n) is 5.25. The smallest absolute Gasteiger partial charge is 0.0224 e. The Kier molecular flexibility index (Phi) is 5.73. The van der Waals surface area contributed by atoms with Crippen molar-refractivity contribution < 1.29 is 0 Å². The van der Waals surface area contributed by atoms with E-state index in [1.54, 1.807) is 0 Å². The lowest BCUT2D eigenvalue weighted by Gasteiger charge is -2.37. The molecule has 0 radical (unpaired) electrons. The van der Waals surface area contributed by atoms with Crippen molar-refractivity contribution in [2.45, 2.75) is 51.7 Å². The molecule has 0 aromatic rings. The number of likely N-dealkylation sites (N-methyl/N-ethyl adjacent to an activating group) is 2. The van der Waals surface area contributed by atoms with Gasteiger partial charge in [-0.3, -0.25) is 4.90 Å². The average Bonchev–Trinajstić information content (AvgIpc) is 2.40. The van der Waals surface area contributed by atoms with Crippen LogP contribution in [0, 0.1) is 0 Å². The minimum atomic E-state index is 0.617. The van der Waals surface area contributed by atoms with E-state index < -0.39 is 0 Å². The fourth-order valence-electron chi connectivity index (χ4n) is 3.01. The van der Waals surface area contributed by atoms with Crippen molar-refractivity contribution in [3.05, 3.63) is 0 Å². The van der Waals surface area contributed by atoms with E-state index >= 15 is 0 Å². The number of nitrogens with zero attached hydrogens (tertiary/aromatic N) is 2. The Labute approximate surface area is 101 Å². The maximum Gasteiger partial charge on any atom is 0.0224 e. The van der Waals surface area contributed by atoms with Crippen LogP contribution in [-0.4, -0.2) is 61.7 Å². The summed E-state index contributed by atoms with van der Waals surface area (Å²) in [7, 11) is 4.32. The first-order valence-electron chi connectivity index (χ1n) is 6.71. The summed E-state index contributed by atoms with van der Waals surface area (Å²) in [6.45, 7) is 10.7. The molecule has 0 aromatic heterocycles. The largest absolute Gasteiger partial charge is 0.315 e. The lowest BCUT2D eigenvalue weighted by molar-refractivity contribution is 0.124. The molecular weight excluding hydrogens is 198 g/mol. The van der Waals surface area contributed by atoms with Gasteiger partial charge in [-0.1, -0.05) is 6.92 Å². The molecule has 0 bridgehead atoms. The molecule has 1 fully saturated rings. The van der Waals surface area contributed by atoms with Gasteiger partial charge in [0, 0.05) is 31.2 Å². The van der Waals surface area contributed by atoms with E-state index in [4.69, 9.17) is 0 Å². The first kappa shape index (κ1) is 13.9. The van der Waals surface area contributed by atoms with Crippen LogP contribution >= 0.6 is 0 Å². The zero-order valence-electron chi connectivity index (χ0n) is 11.7. The second kappa shape index (κ2) is 6.58. The normalized spacial score (nSPS) is 28.7. The van der Waals surface area contributed by atoms with E-state index in [-0.39, 0.29) is 0 Å². The lowest BCUT2D eigenvalue weighted by atomic mass is 10.0. The van der Waals surface area contributed by atoms with Gasteiger partial charge in [0.2, 0.25) is 0 Å². The molecule has 1 aliphatic rings. The molecule has 16 heavy (non-hydrogen) atoms. The number of nitrogens with one attached hydrogen (secondary N) is 1. The third-order valence-corrected chi connectivity index (χ3v) is 4.01. The van der Waals surface area contributed by atoms with Crippen molar-refractivity contribution in [2.24, 2.45) is 0 Å². The zero-order valence-corrected chi connectivity index (χ0v) is 11.7. The maximum atomic E-state index is 3.45. The van der Waals surface area contributed by atoms with Gasteiger partial charge in [-0.2, -0.15) is 0 Å². The van der Waals surface area contributed by atoms with Crippen LogP contribution in [0.5, 0.6) is 0 Å². The highest BCUT2D eigenvalue weighted by Gasteiger charge is 2.27. The van der Waals surface area contributed by atoms with Crippen LogP contribution < -0.4 is 5.32 Å². The van der Waals surface area contributed by atoms with Crippen LogP contribution in [0.1, 0.15) is 33.6 Å². The minimum absolute atomic E-state index is 0.617. The fraction of sp³-hybridized carbons (Fsp3) is 1.00. The molecule has 3 nitrogen and oxygen atoms in total. The van der Waals surface area contributed by atoms with E-state index in [2.05, 4.69) is 50.0 Å². The van der Waals surface area contributed by atoms with Crippen LogP contribution in [0.2, 0.25) is 0 Å². The highest BCUT2D eigenvalue weighted by atomic mass is 15.3. The van der Waals surface area contributed by atoms with Crippen LogP contribution in [0.4, 0.5) is 0 Å². The zero-order chi connectivity index (χ0) is 12.1.